The van der Waals surface area contributed by atoms with E-state index in [1.807, 2.05) is 11.8 Å². The monoisotopic (exact) mass is 521 g/mol. The number of anilines is 1. The molecule has 1 saturated carbocycles. The van der Waals surface area contributed by atoms with Crippen LogP contribution in [0.15, 0.2) is 36.7 Å². The van der Waals surface area contributed by atoms with E-state index < -0.39 is 0 Å². The molecule has 5 rings (SSSR count). The van der Waals surface area contributed by atoms with E-state index in [1.165, 1.54) is 37.6 Å². The Morgan fingerprint density at radius 3 is 2.71 bits per heavy atom. The molecule has 0 spiro atoms. The topological polar surface area (TPSA) is 88.6 Å². The highest BCUT2D eigenvalue weighted by atomic mass is 16.5. The number of piperidine rings is 1. The maximum absolute atomic E-state index is 13.4. The second kappa shape index (κ2) is 13.0. The molecule has 3 aliphatic rings. The molecule has 2 aromatic rings. The predicted octanol–water partition coefficient (Wildman–Crippen LogP) is 4.17. The predicted molar refractivity (Wildman–Crippen MR) is 148 cm³/mol. The number of rotatable bonds is 8. The van der Waals surface area contributed by atoms with Gasteiger partial charge in [-0.05, 0) is 62.8 Å². The molecule has 4 unspecified atom stereocenters. The normalized spacial score (nSPS) is 26.7. The summed E-state index contributed by atoms with van der Waals surface area (Å²) >= 11 is 0. The Kier molecular flexibility index (Phi) is 9.25. The first kappa shape index (κ1) is 27.0. The van der Waals surface area contributed by atoms with Crippen LogP contribution >= 0.6 is 0 Å². The zero-order valence-corrected chi connectivity index (χ0v) is 22.9. The zero-order valence-electron chi connectivity index (χ0n) is 22.9. The van der Waals surface area contributed by atoms with Crippen LogP contribution in [-0.2, 0) is 9.47 Å². The minimum atomic E-state index is 0.00837. The van der Waals surface area contributed by atoms with E-state index in [0.29, 0.717) is 36.2 Å². The van der Waals surface area contributed by atoms with Crippen molar-refractivity contribution in [2.75, 3.05) is 45.3 Å². The summed E-state index contributed by atoms with van der Waals surface area (Å²) in [6.07, 6.45) is 9.38. The highest BCUT2D eigenvalue weighted by Gasteiger charge is 2.31. The molecule has 0 radical (unpaired) electrons. The number of aromatic nitrogens is 2. The van der Waals surface area contributed by atoms with Gasteiger partial charge in [-0.2, -0.15) is 0 Å². The fourth-order valence-corrected chi connectivity index (χ4v) is 6.43. The highest BCUT2D eigenvalue weighted by molar-refractivity contribution is 5.94. The van der Waals surface area contributed by atoms with E-state index in [2.05, 4.69) is 50.9 Å². The van der Waals surface area contributed by atoms with Gasteiger partial charge in [0.2, 0.25) is 0 Å². The number of benzene rings is 1. The number of hydrogen-bond donors (Lipinski definition) is 2. The van der Waals surface area contributed by atoms with Crippen molar-refractivity contribution in [2.24, 2.45) is 5.92 Å². The van der Waals surface area contributed by atoms with Gasteiger partial charge in [0, 0.05) is 51.0 Å². The molecule has 3 fully saturated rings. The SMILES string of the molecule is COC1COCCC1NC1CCN(C(=O)c2ncnc(NCC3CCCC(c4ccccc4)C3)c2C)CC1. The van der Waals surface area contributed by atoms with E-state index in [-0.39, 0.29) is 12.0 Å². The number of carbonyl (C=O) groups excluding carboxylic acids is 1. The molecule has 1 aromatic carbocycles. The molecule has 2 aliphatic heterocycles. The summed E-state index contributed by atoms with van der Waals surface area (Å²) in [6, 6.07) is 11.6. The Hall–Kier alpha value is -2.55. The summed E-state index contributed by atoms with van der Waals surface area (Å²) in [5.74, 6) is 2.02. The lowest BCUT2D eigenvalue weighted by atomic mass is 9.78. The average Bonchev–Trinajstić information content (AvgIpc) is 2.97. The number of amides is 1. The van der Waals surface area contributed by atoms with Crippen molar-refractivity contribution in [3.63, 3.8) is 0 Å². The molecule has 1 amide bonds. The number of likely N-dealkylation sites (tertiary alicyclic amines) is 1. The van der Waals surface area contributed by atoms with E-state index in [9.17, 15) is 4.79 Å². The van der Waals surface area contributed by atoms with Crippen molar-refractivity contribution < 1.29 is 14.3 Å². The zero-order chi connectivity index (χ0) is 26.3. The van der Waals surface area contributed by atoms with Crippen LogP contribution in [0.3, 0.4) is 0 Å². The quantitative estimate of drug-likeness (QED) is 0.539. The molecule has 38 heavy (non-hydrogen) atoms. The largest absolute Gasteiger partial charge is 0.379 e. The number of ether oxygens (including phenoxy) is 2. The molecule has 4 atom stereocenters. The van der Waals surface area contributed by atoms with Gasteiger partial charge in [0.15, 0.2) is 0 Å². The lowest BCUT2D eigenvalue weighted by molar-refractivity contribution is -0.0533. The van der Waals surface area contributed by atoms with E-state index >= 15 is 0 Å². The third kappa shape index (κ3) is 6.53. The van der Waals surface area contributed by atoms with Gasteiger partial charge in [-0.15, -0.1) is 0 Å². The first-order valence-electron chi connectivity index (χ1n) is 14.4. The molecule has 8 heteroatoms. The van der Waals surface area contributed by atoms with Crippen molar-refractivity contribution in [1.82, 2.24) is 20.2 Å². The molecular formula is C30H43N5O3. The maximum atomic E-state index is 13.4. The first-order chi connectivity index (χ1) is 18.6. The summed E-state index contributed by atoms with van der Waals surface area (Å²) < 4.78 is 11.1. The van der Waals surface area contributed by atoms with E-state index in [1.54, 1.807) is 7.11 Å². The van der Waals surface area contributed by atoms with Gasteiger partial charge in [-0.3, -0.25) is 4.79 Å². The van der Waals surface area contributed by atoms with Crippen molar-refractivity contribution >= 4 is 11.7 Å². The Balaban J connectivity index is 1.13. The summed E-state index contributed by atoms with van der Waals surface area (Å²) in [6.45, 7) is 5.71. The Morgan fingerprint density at radius 2 is 1.92 bits per heavy atom. The van der Waals surface area contributed by atoms with Crippen LogP contribution < -0.4 is 10.6 Å². The molecule has 0 bridgehead atoms. The molecule has 8 nitrogen and oxygen atoms in total. The van der Waals surface area contributed by atoms with Crippen LogP contribution in [0.4, 0.5) is 5.82 Å². The number of carbonyl (C=O) groups is 1. The number of methoxy groups -OCH3 is 1. The molecule has 3 heterocycles. The molecule has 2 saturated heterocycles. The van der Waals surface area contributed by atoms with Gasteiger partial charge in [0.1, 0.15) is 17.8 Å². The van der Waals surface area contributed by atoms with Crippen molar-refractivity contribution in [1.29, 1.82) is 0 Å². The van der Waals surface area contributed by atoms with Crippen molar-refractivity contribution in [3.05, 3.63) is 53.5 Å². The van der Waals surface area contributed by atoms with Crippen molar-refractivity contribution in [2.45, 2.75) is 76.0 Å². The van der Waals surface area contributed by atoms with Gasteiger partial charge >= 0.3 is 0 Å². The lowest BCUT2D eigenvalue weighted by Crippen LogP contribution is -2.54. The van der Waals surface area contributed by atoms with Gasteiger partial charge in [0.25, 0.3) is 5.91 Å². The van der Waals surface area contributed by atoms with Crippen LogP contribution in [0.1, 0.15) is 72.5 Å². The van der Waals surface area contributed by atoms with Gasteiger partial charge in [0.05, 0.1) is 12.7 Å². The third-order valence-corrected chi connectivity index (χ3v) is 8.74. The summed E-state index contributed by atoms with van der Waals surface area (Å²) in [4.78, 5) is 24.3. The maximum Gasteiger partial charge on any atom is 0.272 e. The Bertz CT molecular complexity index is 1040. The van der Waals surface area contributed by atoms with Crippen molar-refractivity contribution in [3.8, 4) is 0 Å². The van der Waals surface area contributed by atoms with Crippen LogP contribution in [0.5, 0.6) is 0 Å². The summed E-state index contributed by atoms with van der Waals surface area (Å²) in [5.41, 5.74) is 2.82. The van der Waals surface area contributed by atoms with Crippen LogP contribution in [-0.4, -0.2) is 78.9 Å². The van der Waals surface area contributed by atoms with E-state index in [0.717, 1.165) is 56.9 Å². The average molecular weight is 522 g/mol. The minimum Gasteiger partial charge on any atom is -0.379 e. The van der Waals surface area contributed by atoms with Gasteiger partial charge in [-0.1, -0.05) is 36.8 Å². The molecular weight excluding hydrogens is 478 g/mol. The summed E-state index contributed by atoms with van der Waals surface area (Å²) in [7, 11) is 1.75. The fourth-order valence-electron chi connectivity index (χ4n) is 6.43. The fraction of sp³-hybridized carbons (Fsp3) is 0.633. The van der Waals surface area contributed by atoms with Gasteiger partial charge in [-0.25, -0.2) is 9.97 Å². The smallest absolute Gasteiger partial charge is 0.272 e. The molecule has 206 valence electrons. The van der Waals surface area contributed by atoms with E-state index in [4.69, 9.17) is 9.47 Å². The molecule has 1 aromatic heterocycles. The van der Waals surface area contributed by atoms with Crippen LogP contribution in [0, 0.1) is 12.8 Å². The summed E-state index contributed by atoms with van der Waals surface area (Å²) in [5, 5.41) is 7.32. The standard InChI is InChI=1S/C30H43N5O3/c1-21-28(30(36)35-14-11-25(12-15-35)34-26-13-16-38-19-27(26)37-2)32-20-33-29(21)31-18-22-7-6-10-24(17-22)23-8-4-3-5-9-23/h3-5,8-9,20,22,24-27,34H,6-7,10-19H2,1-2H3,(H,31,32,33). The third-order valence-electron chi connectivity index (χ3n) is 8.74. The minimum absolute atomic E-state index is 0.00837. The van der Waals surface area contributed by atoms with Gasteiger partial charge < -0.3 is 25.0 Å². The molecule has 1 aliphatic carbocycles. The Labute approximate surface area is 226 Å². The first-order valence-corrected chi connectivity index (χ1v) is 14.4. The Morgan fingerprint density at radius 1 is 1.11 bits per heavy atom. The molecule has 2 N–H and O–H groups in total. The number of nitrogens with one attached hydrogen (secondary N) is 2. The second-order valence-electron chi connectivity index (χ2n) is 11.2. The highest BCUT2D eigenvalue weighted by Crippen LogP contribution is 2.36. The second-order valence-corrected chi connectivity index (χ2v) is 11.2. The number of hydrogen-bond acceptors (Lipinski definition) is 7. The number of nitrogens with zero attached hydrogens (tertiary/aromatic N) is 3. The van der Waals surface area contributed by atoms with Crippen LogP contribution in [0.25, 0.3) is 0 Å². The lowest BCUT2D eigenvalue weighted by Gasteiger charge is -2.38. The van der Waals surface area contributed by atoms with Crippen LogP contribution in [0.2, 0.25) is 0 Å².